The Morgan fingerprint density at radius 1 is 1.17 bits per heavy atom. The van der Waals surface area contributed by atoms with E-state index in [1.165, 1.54) is 23.1 Å². The van der Waals surface area contributed by atoms with Crippen LogP contribution in [0.5, 0.6) is 0 Å². The third-order valence-corrected chi connectivity index (χ3v) is 4.15. The highest BCUT2D eigenvalue weighted by Crippen LogP contribution is 2.43. The summed E-state index contributed by atoms with van der Waals surface area (Å²) in [6, 6.07) is 0. The van der Waals surface area contributed by atoms with E-state index in [4.69, 9.17) is 0 Å². The maximum absolute atomic E-state index is 11.4. The van der Waals surface area contributed by atoms with Crippen molar-refractivity contribution < 1.29 is 4.79 Å². The fourth-order valence-electron chi connectivity index (χ4n) is 3.27. The molecule has 2 heteroatoms. The average molecular weight is 235 g/mol. The predicted octanol–water partition coefficient (Wildman–Crippen LogP) is 2.91. The number of fused-ring (bicyclic) bond motifs is 4. The summed E-state index contributed by atoms with van der Waals surface area (Å²) in [7, 11) is 0. The molecule has 3 aliphatic carbocycles. The van der Waals surface area contributed by atoms with Gasteiger partial charge in [-0.15, -0.1) is 0 Å². The van der Waals surface area contributed by atoms with Crippen molar-refractivity contribution in [3.05, 3.63) is 58.9 Å². The van der Waals surface area contributed by atoms with Crippen LogP contribution in [0.2, 0.25) is 0 Å². The lowest BCUT2D eigenvalue weighted by Gasteiger charge is -2.30. The Labute approximate surface area is 106 Å². The van der Waals surface area contributed by atoms with E-state index in [2.05, 4.69) is 23.2 Å². The molecule has 18 heavy (non-hydrogen) atoms. The van der Waals surface area contributed by atoms with Gasteiger partial charge in [0.15, 0.2) is 5.78 Å². The summed E-state index contributed by atoms with van der Waals surface area (Å²) in [5, 5.41) is 0. The molecule has 0 aromatic heterocycles. The van der Waals surface area contributed by atoms with Gasteiger partial charge in [-0.1, -0.05) is 24.3 Å². The van der Waals surface area contributed by atoms with Crippen LogP contribution in [-0.2, 0) is 4.79 Å². The fourth-order valence-corrected chi connectivity index (χ4v) is 3.27. The molecule has 2 unspecified atom stereocenters. The Kier molecular flexibility index (Phi) is 1.95. The summed E-state index contributed by atoms with van der Waals surface area (Å²) in [5.41, 5.74) is 4.99. The normalized spacial score (nSPS) is 31.9. The number of rotatable bonds is 0. The molecule has 2 nitrogen and oxygen atoms in total. The lowest BCUT2D eigenvalue weighted by Crippen LogP contribution is -2.21. The minimum Gasteiger partial charge on any atom is -0.290 e. The van der Waals surface area contributed by atoms with E-state index in [1.54, 1.807) is 12.2 Å². The summed E-state index contributed by atoms with van der Waals surface area (Å²) in [6.45, 7) is 0. The largest absolute Gasteiger partial charge is 0.290 e. The summed E-state index contributed by atoms with van der Waals surface area (Å²) in [5.74, 6) is 0.756. The molecule has 4 aliphatic rings. The molecule has 0 saturated heterocycles. The molecule has 1 aliphatic heterocycles. The lowest BCUT2D eigenvalue weighted by atomic mass is 9.77. The van der Waals surface area contributed by atoms with Gasteiger partial charge in [0.1, 0.15) is 0 Å². The third-order valence-electron chi connectivity index (χ3n) is 4.15. The van der Waals surface area contributed by atoms with Crippen LogP contribution < -0.4 is 0 Å². The van der Waals surface area contributed by atoms with Gasteiger partial charge < -0.3 is 0 Å². The Morgan fingerprint density at radius 2 is 2.11 bits per heavy atom. The molecule has 0 spiro atoms. The molecular formula is C16H13NO. The van der Waals surface area contributed by atoms with Crippen LogP contribution in [0, 0.1) is 11.8 Å². The van der Waals surface area contributed by atoms with E-state index in [0.29, 0.717) is 5.92 Å². The van der Waals surface area contributed by atoms with Gasteiger partial charge >= 0.3 is 0 Å². The number of nitrogens with zero attached hydrogens (tertiary/aromatic N) is 1. The Hall–Kier alpha value is -1.96. The average Bonchev–Trinajstić information content (AvgIpc) is 2.86. The lowest BCUT2D eigenvalue weighted by molar-refractivity contribution is -0.110. The second-order valence-corrected chi connectivity index (χ2v) is 5.14. The van der Waals surface area contributed by atoms with Crippen molar-refractivity contribution >= 4 is 12.0 Å². The van der Waals surface area contributed by atoms with Crippen LogP contribution in [0.25, 0.3) is 0 Å². The first kappa shape index (κ1) is 10.0. The number of allylic oxidation sites excluding steroid dienone is 8. The molecule has 88 valence electrons. The zero-order valence-corrected chi connectivity index (χ0v) is 9.97. The van der Waals surface area contributed by atoms with Crippen LogP contribution in [-0.4, -0.2) is 12.0 Å². The molecule has 0 fully saturated rings. The quantitative estimate of drug-likeness (QED) is 0.634. The molecule has 0 N–H and O–H groups in total. The van der Waals surface area contributed by atoms with Crippen LogP contribution in [0.15, 0.2) is 63.9 Å². The summed E-state index contributed by atoms with van der Waals surface area (Å²) in [4.78, 5) is 15.9. The molecule has 0 aromatic rings. The van der Waals surface area contributed by atoms with Crippen molar-refractivity contribution in [3.8, 4) is 0 Å². The van der Waals surface area contributed by atoms with Crippen molar-refractivity contribution in [1.29, 1.82) is 0 Å². The maximum Gasteiger partial charge on any atom is 0.180 e. The van der Waals surface area contributed by atoms with Gasteiger partial charge in [0, 0.05) is 24.1 Å². The van der Waals surface area contributed by atoms with Gasteiger partial charge in [-0.3, -0.25) is 9.79 Å². The molecular weight excluding hydrogens is 222 g/mol. The zero-order valence-electron chi connectivity index (χ0n) is 9.97. The minimum atomic E-state index is 0.0451. The Balaban J connectivity index is 1.83. The Bertz CT molecular complexity index is 625. The summed E-state index contributed by atoms with van der Waals surface area (Å²) in [6.07, 6.45) is 16.4. The van der Waals surface area contributed by atoms with Gasteiger partial charge in [0.05, 0.1) is 5.70 Å². The minimum absolute atomic E-state index is 0.0451. The maximum atomic E-state index is 11.4. The second-order valence-electron chi connectivity index (χ2n) is 5.14. The van der Waals surface area contributed by atoms with Crippen LogP contribution in [0.3, 0.4) is 0 Å². The summed E-state index contributed by atoms with van der Waals surface area (Å²) < 4.78 is 0. The molecule has 0 aromatic carbocycles. The second kappa shape index (κ2) is 3.52. The monoisotopic (exact) mass is 235 g/mol. The van der Waals surface area contributed by atoms with Crippen LogP contribution in [0.1, 0.15) is 12.8 Å². The smallest absolute Gasteiger partial charge is 0.180 e. The highest BCUT2D eigenvalue weighted by Gasteiger charge is 2.32. The highest BCUT2D eigenvalue weighted by molar-refractivity contribution is 6.02. The molecule has 0 saturated carbocycles. The Morgan fingerprint density at radius 3 is 3.06 bits per heavy atom. The molecule has 0 amide bonds. The number of carbonyl (C=O) groups excluding carboxylic acids is 1. The fraction of sp³-hybridized carbons (Fsp3) is 0.250. The van der Waals surface area contributed by atoms with E-state index >= 15 is 0 Å². The third kappa shape index (κ3) is 1.29. The number of hydrogen-bond donors (Lipinski definition) is 0. The number of hydrogen-bond acceptors (Lipinski definition) is 2. The van der Waals surface area contributed by atoms with Crippen molar-refractivity contribution in [3.63, 3.8) is 0 Å². The van der Waals surface area contributed by atoms with Crippen molar-refractivity contribution in [1.82, 2.24) is 0 Å². The first-order valence-corrected chi connectivity index (χ1v) is 6.43. The zero-order chi connectivity index (χ0) is 12.1. The number of aliphatic imine (C=N–C) groups is 1. The van der Waals surface area contributed by atoms with Crippen molar-refractivity contribution in [2.24, 2.45) is 16.8 Å². The molecule has 2 atom stereocenters. The standard InChI is InChI=1S/C16H13NO/c18-11-5-7-14-13-6-4-10-2-1-3-12(10)15(13)9-17-16(14)8-11/h2,4-9,12,14H,1,3H2. The number of carbonyl (C=O) groups is 1. The predicted molar refractivity (Wildman–Crippen MR) is 71.2 cm³/mol. The first-order chi connectivity index (χ1) is 8.83. The molecule has 1 heterocycles. The topological polar surface area (TPSA) is 29.4 Å². The SMILES string of the molecule is O=C1C=CC2C(=C1)N=CC1=C2C=CC2=CCCC21. The van der Waals surface area contributed by atoms with E-state index in [9.17, 15) is 4.79 Å². The summed E-state index contributed by atoms with van der Waals surface area (Å²) >= 11 is 0. The van der Waals surface area contributed by atoms with Crippen LogP contribution in [0.4, 0.5) is 0 Å². The first-order valence-electron chi connectivity index (χ1n) is 6.43. The van der Waals surface area contributed by atoms with Gasteiger partial charge in [-0.2, -0.15) is 0 Å². The molecule has 4 rings (SSSR count). The van der Waals surface area contributed by atoms with E-state index < -0.39 is 0 Å². The number of dihydropyridines is 1. The molecule has 0 radical (unpaired) electrons. The highest BCUT2D eigenvalue weighted by atomic mass is 16.1. The van der Waals surface area contributed by atoms with Crippen LogP contribution >= 0.6 is 0 Å². The van der Waals surface area contributed by atoms with E-state index in [1.807, 2.05) is 12.3 Å². The van der Waals surface area contributed by atoms with E-state index in [0.717, 1.165) is 12.1 Å². The molecule has 0 bridgehead atoms. The van der Waals surface area contributed by atoms with Crippen molar-refractivity contribution in [2.75, 3.05) is 0 Å². The van der Waals surface area contributed by atoms with E-state index in [-0.39, 0.29) is 11.7 Å². The number of ketones is 1. The van der Waals surface area contributed by atoms with Gasteiger partial charge in [-0.05, 0) is 35.6 Å². The van der Waals surface area contributed by atoms with Crippen molar-refractivity contribution in [2.45, 2.75) is 12.8 Å². The van der Waals surface area contributed by atoms with Gasteiger partial charge in [-0.25, -0.2) is 0 Å². The van der Waals surface area contributed by atoms with Gasteiger partial charge in [0.2, 0.25) is 0 Å². The van der Waals surface area contributed by atoms with Gasteiger partial charge in [0.25, 0.3) is 0 Å².